The van der Waals surface area contributed by atoms with Crippen LogP contribution in [0.4, 0.5) is 0 Å². The molecule has 0 saturated heterocycles. The third-order valence-electron chi connectivity index (χ3n) is 2.95. The van der Waals surface area contributed by atoms with Gasteiger partial charge in [-0.25, -0.2) is 0 Å². The highest BCUT2D eigenvalue weighted by Crippen LogP contribution is 2.30. The van der Waals surface area contributed by atoms with Crippen molar-refractivity contribution in [2.45, 2.75) is 13.3 Å². The summed E-state index contributed by atoms with van der Waals surface area (Å²) < 4.78 is 5.23. The number of ether oxygens (including phenoxy) is 1. The van der Waals surface area contributed by atoms with Crippen molar-refractivity contribution in [2.24, 2.45) is 0 Å². The molecule has 0 amide bonds. The molecule has 0 aromatic heterocycles. The van der Waals surface area contributed by atoms with Gasteiger partial charge in [0, 0.05) is 17.8 Å². The van der Waals surface area contributed by atoms with Gasteiger partial charge in [-0.05, 0) is 24.5 Å². The predicted molar refractivity (Wildman–Crippen MR) is 68.6 cm³/mol. The van der Waals surface area contributed by atoms with Crippen molar-refractivity contribution in [3.05, 3.63) is 41.0 Å². The molecule has 2 rings (SSSR count). The molecule has 0 bridgehead atoms. The summed E-state index contributed by atoms with van der Waals surface area (Å²) in [7, 11) is 0. The van der Waals surface area contributed by atoms with Gasteiger partial charge in [-0.1, -0.05) is 24.3 Å². The van der Waals surface area contributed by atoms with Crippen LogP contribution in [0.25, 0.3) is 5.70 Å². The fourth-order valence-electron chi connectivity index (χ4n) is 2.18. The summed E-state index contributed by atoms with van der Waals surface area (Å²) in [6, 6.07) is 8.49. The molecule has 0 atom stereocenters. The Balaban J connectivity index is 1.90. The molecule has 0 saturated carbocycles. The Morgan fingerprint density at radius 2 is 2.12 bits per heavy atom. The minimum absolute atomic E-state index is 0.0879. The molecule has 0 radical (unpaired) electrons. The van der Waals surface area contributed by atoms with Gasteiger partial charge in [-0.2, -0.15) is 0 Å². The van der Waals surface area contributed by atoms with E-state index in [0.717, 1.165) is 13.0 Å². The molecule has 3 heteroatoms. The standard InChI is InChI=1S/C14H19NO2/c1-11-10-12-4-2-3-5-13(12)14(11)15-6-8-17-9-7-16/h2-5,15-16H,6-10H2,1H3. The van der Waals surface area contributed by atoms with Gasteiger partial charge in [-0.3, -0.25) is 0 Å². The normalized spacial score (nSPS) is 14.0. The van der Waals surface area contributed by atoms with E-state index < -0.39 is 0 Å². The Labute approximate surface area is 102 Å². The summed E-state index contributed by atoms with van der Waals surface area (Å²) in [5, 5.41) is 12.0. The van der Waals surface area contributed by atoms with Gasteiger partial charge in [0.1, 0.15) is 0 Å². The van der Waals surface area contributed by atoms with E-state index in [2.05, 4.69) is 36.5 Å². The lowest BCUT2D eigenvalue weighted by Crippen LogP contribution is -2.19. The Bertz CT molecular complexity index is 412. The van der Waals surface area contributed by atoms with E-state index >= 15 is 0 Å². The summed E-state index contributed by atoms with van der Waals surface area (Å²) in [5.74, 6) is 0. The zero-order chi connectivity index (χ0) is 12.1. The number of benzene rings is 1. The Morgan fingerprint density at radius 3 is 2.94 bits per heavy atom. The minimum atomic E-state index is 0.0879. The number of aliphatic hydroxyl groups is 1. The molecular formula is C14H19NO2. The maximum atomic E-state index is 8.59. The van der Waals surface area contributed by atoms with Crippen LogP contribution in [-0.2, 0) is 11.2 Å². The van der Waals surface area contributed by atoms with Crippen LogP contribution in [0.5, 0.6) is 0 Å². The maximum Gasteiger partial charge on any atom is 0.0698 e. The van der Waals surface area contributed by atoms with Crippen molar-refractivity contribution in [2.75, 3.05) is 26.4 Å². The molecule has 0 aliphatic heterocycles. The van der Waals surface area contributed by atoms with Crippen LogP contribution in [0.3, 0.4) is 0 Å². The summed E-state index contributed by atoms with van der Waals surface area (Å²) in [4.78, 5) is 0. The molecule has 3 nitrogen and oxygen atoms in total. The smallest absolute Gasteiger partial charge is 0.0698 e. The molecule has 1 aromatic rings. The van der Waals surface area contributed by atoms with Gasteiger partial charge in [0.05, 0.1) is 19.8 Å². The van der Waals surface area contributed by atoms with Gasteiger partial charge in [0.15, 0.2) is 0 Å². The van der Waals surface area contributed by atoms with E-state index in [1.165, 1.54) is 22.4 Å². The molecule has 0 fully saturated rings. The van der Waals surface area contributed by atoms with E-state index in [9.17, 15) is 0 Å². The Hall–Kier alpha value is -1.32. The van der Waals surface area contributed by atoms with Crippen LogP contribution in [0.15, 0.2) is 29.8 Å². The molecule has 2 N–H and O–H groups in total. The molecule has 1 aromatic carbocycles. The van der Waals surface area contributed by atoms with E-state index in [1.54, 1.807) is 0 Å². The van der Waals surface area contributed by atoms with Crippen molar-refractivity contribution in [1.82, 2.24) is 5.32 Å². The minimum Gasteiger partial charge on any atom is -0.394 e. The number of nitrogens with one attached hydrogen (secondary N) is 1. The number of fused-ring (bicyclic) bond motifs is 1. The van der Waals surface area contributed by atoms with Gasteiger partial charge in [0.25, 0.3) is 0 Å². The highest BCUT2D eigenvalue weighted by atomic mass is 16.5. The van der Waals surface area contributed by atoms with Crippen LogP contribution in [0.1, 0.15) is 18.1 Å². The van der Waals surface area contributed by atoms with Crippen molar-refractivity contribution in [1.29, 1.82) is 0 Å². The number of hydrogen-bond acceptors (Lipinski definition) is 3. The second kappa shape index (κ2) is 5.84. The first kappa shape index (κ1) is 12.1. The van der Waals surface area contributed by atoms with Crippen LogP contribution >= 0.6 is 0 Å². The maximum absolute atomic E-state index is 8.59. The first-order valence-electron chi connectivity index (χ1n) is 6.03. The molecule has 1 aliphatic rings. The Morgan fingerprint density at radius 1 is 1.29 bits per heavy atom. The van der Waals surface area contributed by atoms with Crippen LogP contribution in [0, 0.1) is 0 Å². The highest BCUT2D eigenvalue weighted by molar-refractivity contribution is 5.74. The van der Waals surface area contributed by atoms with Crippen LogP contribution in [0.2, 0.25) is 0 Å². The summed E-state index contributed by atoms with van der Waals surface area (Å²) in [6.45, 7) is 4.07. The first-order chi connectivity index (χ1) is 8.33. The molecule has 0 spiro atoms. The van der Waals surface area contributed by atoms with E-state index in [-0.39, 0.29) is 6.61 Å². The largest absolute Gasteiger partial charge is 0.394 e. The van der Waals surface area contributed by atoms with Crippen LogP contribution < -0.4 is 5.32 Å². The summed E-state index contributed by atoms with van der Waals surface area (Å²) in [6.07, 6.45) is 1.04. The summed E-state index contributed by atoms with van der Waals surface area (Å²) in [5.41, 5.74) is 5.33. The lowest BCUT2D eigenvalue weighted by Gasteiger charge is -2.10. The molecule has 0 heterocycles. The monoisotopic (exact) mass is 233 g/mol. The quantitative estimate of drug-likeness (QED) is 0.733. The third-order valence-corrected chi connectivity index (χ3v) is 2.95. The lowest BCUT2D eigenvalue weighted by atomic mass is 10.1. The van der Waals surface area contributed by atoms with Crippen molar-refractivity contribution in [3.8, 4) is 0 Å². The lowest BCUT2D eigenvalue weighted by molar-refractivity contribution is 0.0956. The molecule has 0 unspecified atom stereocenters. The third kappa shape index (κ3) is 2.87. The number of rotatable bonds is 6. The van der Waals surface area contributed by atoms with Gasteiger partial charge in [0.2, 0.25) is 0 Å². The first-order valence-corrected chi connectivity index (χ1v) is 6.03. The van der Waals surface area contributed by atoms with Crippen molar-refractivity contribution < 1.29 is 9.84 Å². The molecular weight excluding hydrogens is 214 g/mol. The fraction of sp³-hybridized carbons (Fsp3) is 0.429. The number of aliphatic hydroxyl groups excluding tert-OH is 1. The van der Waals surface area contributed by atoms with Gasteiger partial charge in [-0.15, -0.1) is 0 Å². The topological polar surface area (TPSA) is 41.5 Å². The zero-order valence-corrected chi connectivity index (χ0v) is 10.2. The van der Waals surface area contributed by atoms with Crippen LogP contribution in [-0.4, -0.2) is 31.5 Å². The summed E-state index contributed by atoms with van der Waals surface area (Å²) >= 11 is 0. The highest BCUT2D eigenvalue weighted by Gasteiger charge is 2.17. The molecule has 1 aliphatic carbocycles. The average Bonchev–Trinajstić information content (AvgIpc) is 2.65. The van der Waals surface area contributed by atoms with Crippen molar-refractivity contribution in [3.63, 3.8) is 0 Å². The van der Waals surface area contributed by atoms with Gasteiger partial charge >= 0.3 is 0 Å². The molecule has 17 heavy (non-hydrogen) atoms. The Kier molecular flexibility index (Phi) is 4.18. The average molecular weight is 233 g/mol. The van der Waals surface area contributed by atoms with Crippen molar-refractivity contribution >= 4 is 5.70 Å². The van der Waals surface area contributed by atoms with E-state index in [4.69, 9.17) is 9.84 Å². The second-order valence-corrected chi connectivity index (χ2v) is 4.25. The predicted octanol–water partition coefficient (Wildman–Crippen LogP) is 1.57. The number of hydrogen-bond donors (Lipinski definition) is 2. The number of allylic oxidation sites excluding steroid dienone is 1. The van der Waals surface area contributed by atoms with Gasteiger partial charge < -0.3 is 15.2 Å². The van der Waals surface area contributed by atoms with E-state index in [0.29, 0.717) is 13.2 Å². The zero-order valence-electron chi connectivity index (χ0n) is 10.2. The SMILES string of the molecule is CC1=C(NCCOCCO)c2ccccc2C1. The van der Waals surface area contributed by atoms with E-state index in [1.807, 2.05) is 0 Å². The fourth-order valence-corrected chi connectivity index (χ4v) is 2.18. The second-order valence-electron chi connectivity index (χ2n) is 4.25. The molecule has 92 valence electrons.